The van der Waals surface area contributed by atoms with Crippen molar-refractivity contribution < 1.29 is 4.79 Å². The van der Waals surface area contributed by atoms with Crippen LogP contribution >= 0.6 is 0 Å². The third-order valence-corrected chi connectivity index (χ3v) is 4.60. The number of carbonyl (C=O) groups is 1. The molecule has 1 aliphatic rings. The molecular weight excluding hydrogens is 234 g/mol. The smallest absolute Gasteiger partial charge is 0.225 e. The van der Waals surface area contributed by atoms with E-state index in [1.165, 1.54) is 38.5 Å². The minimum absolute atomic E-state index is 0.211. The number of unbranched alkanes of at least 4 members (excludes halogenated alkanes) is 1. The summed E-state index contributed by atoms with van der Waals surface area (Å²) in [6.45, 7) is 10.8. The zero-order valence-corrected chi connectivity index (χ0v) is 13.5. The van der Waals surface area contributed by atoms with Gasteiger partial charge in [0.05, 0.1) is 0 Å². The van der Waals surface area contributed by atoms with Gasteiger partial charge in [-0.1, -0.05) is 53.4 Å². The molecular formula is C17H33NO. The molecule has 0 aromatic carbocycles. The van der Waals surface area contributed by atoms with Gasteiger partial charge in [0, 0.05) is 19.0 Å². The fourth-order valence-electron chi connectivity index (χ4n) is 2.91. The predicted molar refractivity (Wildman–Crippen MR) is 82.1 cm³/mol. The van der Waals surface area contributed by atoms with Crippen molar-refractivity contribution in [3.05, 3.63) is 0 Å². The average molecular weight is 267 g/mol. The van der Waals surface area contributed by atoms with E-state index in [0.717, 1.165) is 31.3 Å². The quantitative estimate of drug-likeness (QED) is 0.622. The number of piperidine rings is 1. The van der Waals surface area contributed by atoms with Gasteiger partial charge in [-0.2, -0.15) is 0 Å². The Hall–Kier alpha value is -0.530. The van der Waals surface area contributed by atoms with E-state index in [1.54, 1.807) is 0 Å². The Labute approximate surface area is 119 Å². The first kappa shape index (κ1) is 16.5. The molecule has 0 aliphatic carbocycles. The molecule has 1 atom stereocenters. The van der Waals surface area contributed by atoms with Crippen LogP contribution < -0.4 is 0 Å². The highest BCUT2D eigenvalue weighted by molar-refractivity contribution is 5.78. The lowest BCUT2D eigenvalue weighted by Crippen LogP contribution is -2.41. The van der Waals surface area contributed by atoms with Crippen LogP contribution in [0.15, 0.2) is 0 Å². The second kappa shape index (κ2) is 8.60. The van der Waals surface area contributed by atoms with Crippen molar-refractivity contribution in [3.63, 3.8) is 0 Å². The van der Waals surface area contributed by atoms with Gasteiger partial charge < -0.3 is 4.90 Å². The van der Waals surface area contributed by atoms with E-state index < -0.39 is 0 Å². The van der Waals surface area contributed by atoms with Gasteiger partial charge in [-0.05, 0) is 31.1 Å². The van der Waals surface area contributed by atoms with Gasteiger partial charge in [-0.15, -0.1) is 0 Å². The zero-order chi connectivity index (χ0) is 14.3. The number of nitrogens with zero attached hydrogens (tertiary/aromatic N) is 1. The monoisotopic (exact) mass is 267 g/mol. The van der Waals surface area contributed by atoms with Gasteiger partial charge in [0.25, 0.3) is 0 Å². The number of amides is 1. The van der Waals surface area contributed by atoms with E-state index in [4.69, 9.17) is 0 Å². The van der Waals surface area contributed by atoms with Crippen LogP contribution in [0.2, 0.25) is 0 Å². The molecule has 1 heterocycles. The van der Waals surface area contributed by atoms with Gasteiger partial charge in [0.2, 0.25) is 5.91 Å². The summed E-state index contributed by atoms with van der Waals surface area (Å²) >= 11 is 0. The lowest BCUT2D eigenvalue weighted by molar-refractivity contribution is -0.136. The minimum Gasteiger partial charge on any atom is -0.342 e. The molecule has 19 heavy (non-hydrogen) atoms. The van der Waals surface area contributed by atoms with Crippen molar-refractivity contribution in [1.82, 2.24) is 4.90 Å². The Morgan fingerprint density at radius 2 is 1.79 bits per heavy atom. The van der Waals surface area contributed by atoms with Crippen molar-refractivity contribution >= 4 is 5.91 Å². The number of hydrogen-bond acceptors (Lipinski definition) is 1. The van der Waals surface area contributed by atoms with Gasteiger partial charge in [-0.25, -0.2) is 0 Å². The molecule has 0 spiro atoms. The molecule has 0 N–H and O–H groups in total. The lowest BCUT2D eigenvalue weighted by atomic mass is 9.90. The van der Waals surface area contributed by atoms with E-state index in [0.29, 0.717) is 5.91 Å². The fraction of sp³-hybridized carbons (Fsp3) is 0.941. The first-order valence-electron chi connectivity index (χ1n) is 8.33. The SMILES string of the molecule is CCC(C)C(=O)N1CCC(CCCCC(C)C)CC1. The van der Waals surface area contributed by atoms with E-state index in [-0.39, 0.29) is 5.92 Å². The normalized spacial score (nSPS) is 18.9. The Balaban J connectivity index is 2.16. The highest BCUT2D eigenvalue weighted by atomic mass is 16.2. The summed E-state index contributed by atoms with van der Waals surface area (Å²) in [6.07, 6.45) is 8.91. The summed E-state index contributed by atoms with van der Waals surface area (Å²) in [7, 11) is 0. The summed E-state index contributed by atoms with van der Waals surface area (Å²) in [5, 5.41) is 0. The third kappa shape index (κ3) is 5.97. The van der Waals surface area contributed by atoms with Gasteiger partial charge >= 0.3 is 0 Å². The standard InChI is InChI=1S/C17H33NO/c1-5-15(4)17(19)18-12-10-16(11-13-18)9-7-6-8-14(2)3/h14-16H,5-13H2,1-4H3. The molecule has 1 saturated heterocycles. The van der Waals surface area contributed by atoms with Gasteiger partial charge in [0.15, 0.2) is 0 Å². The van der Waals surface area contributed by atoms with Crippen LogP contribution in [0.5, 0.6) is 0 Å². The molecule has 0 saturated carbocycles. The molecule has 1 amide bonds. The molecule has 1 unspecified atom stereocenters. The largest absolute Gasteiger partial charge is 0.342 e. The first-order valence-corrected chi connectivity index (χ1v) is 8.33. The zero-order valence-electron chi connectivity index (χ0n) is 13.5. The fourth-order valence-corrected chi connectivity index (χ4v) is 2.91. The van der Waals surface area contributed by atoms with Gasteiger partial charge in [-0.3, -0.25) is 4.79 Å². The lowest BCUT2D eigenvalue weighted by Gasteiger charge is -2.33. The van der Waals surface area contributed by atoms with Gasteiger partial charge in [0.1, 0.15) is 0 Å². The van der Waals surface area contributed by atoms with E-state index in [2.05, 4.69) is 32.6 Å². The van der Waals surface area contributed by atoms with E-state index in [9.17, 15) is 4.79 Å². The van der Waals surface area contributed by atoms with Crippen molar-refractivity contribution in [3.8, 4) is 0 Å². The Morgan fingerprint density at radius 3 is 2.32 bits per heavy atom. The predicted octanol–water partition coefficient (Wildman–Crippen LogP) is 4.49. The second-order valence-corrected chi connectivity index (χ2v) is 6.76. The molecule has 0 aromatic rings. The van der Waals surface area contributed by atoms with Crippen molar-refractivity contribution in [2.45, 2.75) is 72.6 Å². The van der Waals surface area contributed by atoms with Crippen LogP contribution in [0.1, 0.15) is 72.6 Å². The van der Waals surface area contributed by atoms with Crippen LogP contribution in [-0.4, -0.2) is 23.9 Å². The number of likely N-dealkylation sites (tertiary alicyclic amines) is 1. The highest BCUT2D eigenvalue weighted by Gasteiger charge is 2.24. The van der Waals surface area contributed by atoms with E-state index >= 15 is 0 Å². The minimum atomic E-state index is 0.211. The summed E-state index contributed by atoms with van der Waals surface area (Å²) < 4.78 is 0. The molecule has 1 fully saturated rings. The maximum absolute atomic E-state index is 12.1. The number of carbonyl (C=O) groups excluding carboxylic acids is 1. The molecule has 0 aromatic heterocycles. The maximum Gasteiger partial charge on any atom is 0.225 e. The van der Waals surface area contributed by atoms with Crippen LogP contribution in [-0.2, 0) is 4.79 Å². The molecule has 0 radical (unpaired) electrons. The van der Waals surface area contributed by atoms with Crippen LogP contribution in [0.4, 0.5) is 0 Å². The number of hydrogen-bond donors (Lipinski definition) is 0. The second-order valence-electron chi connectivity index (χ2n) is 6.76. The van der Waals surface area contributed by atoms with Crippen molar-refractivity contribution in [1.29, 1.82) is 0 Å². The Kier molecular flexibility index (Phi) is 7.48. The molecule has 1 aliphatic heterocycles. The van der Waals surface area contributed by atoms with Crippen molar-refractivity contribution in [2.24, 2.45) is 17.8 Å². The molecule has 112 valence electrons. The highest BCUT2D eigenvalue weighted by Crippen LogP contribution is 2.24. The molecule has 2 nitrogen and oxygen atoms in total. The average Bonchev–Trinajstić information content (AvgIpc) is 2.42. The summed E-state index contributed by atoms with van der Waals surface area (Å²) in [5.41, 5.74) is 0. The molecule has 0 bridgehead atoms. The van der Waals surface area contributed by atoms with Crippen LogP contribution in [0.25, 0.3) is 0 Å². The van der Waals surface area contributed by atoms with E-state index in [1.807, 2.05) is 0 Å². The van der Waals surface area contributed by atoms with Crippen LogP contribution in [0, 0.1) is 17.8 Å². The van der Waals surface area contributed by atoms with Crippen molar-refractivity contribution in [2.75, 3.05) is 13.1 Å². The first-order chi connectivity index (χ1) is 9.04. The summed E-state index contributed by atoms with van der Waals surface area (Å²) in [4.78, 5) is 14.2. The summed E-state index contributed by atoms with van der Waals surface area (Å²) in [6, 6.07) is 0. The molecule has 1 rings (SSSR count). The molecule has 2 heteroatoms. The van der Waals surface area contributed by atoms with Crippen LogP contribution in [0.3, 0.4) is 0 Å². The Bertz CT molecular complexity index is 254. The number of rotatable bonds is 7. The summed E-state index contributed by atoms with van der Waals surface area (Å²) in [5.74, 6) is 2.30. The maximum atomic E-state index is 12.1. The third-order valence-electron chi connectivity index (χ3n) is 4.60. The topological polar surface area (TPSA) is 20.3 Å². The Morgan fingerprint density at radius 1 is 1.16 bits per heavy atom.